The molecule has 2 aromatic carbocycles. The monoisotopic (exact) mass is 279 g/mol. The molecule has 0 aromatic heterocycles. The molecule has 0 unspecified atom stereocenters. The first-order valence-electron chi connectivity index (χ1n) is 5.89. The Morgan fingerprint density at radius 1 is 0.895 bits per heavy atom. The number of hydrogen-bond acceptors (Lipinski definition) is 3. The van der Waals surface area contributed by atoms with Crippen molar-refractivity contribution in [2.45, 2.75) is 11.6 Å². The van der Waals surface area contributed by atoms with Crippen LogP contribution in [0.5, 0.6) is 0 Å². The number of nitrogens with two attached hydrogens (primary N) is 1. The predicted molar refractivity (Wildman–Crippen MR) is 78.2 cm³/mol. The molecule has 0 aliphatic rings. The normalized spacial score (nSPS) is 12.6. The van der Waals surface area contributed by atoms with Crippen LogP contribution in [-0.2, 0) is 5.60 Å². The number of aliphatic hydroxyl groups is 2. The summed E-state index contributed by atoms with van der Waals surface area (Å²) < 4.78 is 0. The largest absolute Gasteiger partial charge is 0.395 e. The topological polar surface area (TPSA) is 66.5 Å². The molecule has 2 rings (SSSR count). The van der Waals surface area contributed by atoms with Crippen LogP contribution in [0.3, 0.4) is 0 Å². The van der Waals surface area contributed by atoms with E-state index in [2.05, 4.69) is 0 Å². The van der Waals surface area contributed by atoms with Crippen molar-refractivity contribution in [1.82, 2.24) is 0 Å². The van der Waals surface area contributed by atoms with E-state index in [4.69, 9.17) is 5.73 Å². The standard InChI is InChI=1S/C15H17NO2.ClH/c16-14(11-17)15(18,12-7-3-1-4-8-12)13-9-5-2-6-10-13;/h1-10,14,17-18H,11,16H2;1H/t14-;/m0./s1. The Labute approximate surface area is 119 Å². The van der Waals surface area contributed by atoms with E-state index in [1.54, 1.807) is 0 Å². The molecule has 0 aliphatic carbocycles. The molecule has 0 amide bonds. The van der Waals surface area contributed by atoms with Crippen molar-refractivity contribution in [1.29, 1.82) is 0 Å². The van der Waals surface area contributed by atoms with Crippen molar-refractivity contribution in [3.05, 3.63) is 71.8 Å². The molecule has 0 aliphatic heterocycles. The summed E-state index contributed by atoms with van der Waals surface area (Å²) in [6.45, 7) is -0.291. The minimum atomic E-state index is -1.38. The van der Waals surface area contributed by atoms with Gasteiger partial charge in [-0.25, -0.2) is 0 Å². The van der Waals surface area contributed by atoms with Crippen LogP contribution in [0.25, 0.3) is 0 Å². The maximum atomic E-state index is 10.9. The summed E-state index contributed by atoms with van der Waals surface area (Å²) in [4.78, 5) is 0. The van der Waals surface area contributed by atoms with Crippen molar-refractivity contribution in [3.8, 4) is 0 Å². The lowest BCUT2D eigenvalue weighted by Gasteiger charge is -2.34. The van der Waals surface area contributed by atoms with Gasteiger partial charge >= 0.3 is 0 Å². The Hall–Kier alpha value is -1.39. The highest BCUT2D eigenvalue weighted by atomic mass is 35.5. The molecule has 0 bridgehead atoms. The number of aliphatic hydroxyl groups excluding tert-OH is 1. The Balaban J connectivity index is 0.00000180. The lowest BCUT2D eigenvalue weighted by atomic mass is 9.81. The summed E-state index contributed by atoms with van der Waals surface area (Å²) in [5.41, 5.74) is 5.89. The lowest BCUT2D eigenvalue weighted by molar-refractivity contribution is 0.0292. The maximum Gasteiger partial charge on any atom is 0.132 e. The first-order valence-corrected chi connectivity index (χ1v) is 5.89. The Morgan fingerprint density at radius 3 is 1.58 bits per heavy atom. The van der Waals surface area contributed by atoms with Gasteiger partial charge in [0, 0.05) is 0 Å². The van der Waals surface area contributed by atoms with E-state index < -0.39 is 11.6 Å². The van der Waals surface area contributed by atoms with Crippen molar-refractivity contribution >= 4 is 12.4 Å². The third kappa shape index (κ3) is 2.96. The van der Waals surface area contributed by atoms with Crippen LogP contribution in [0.4, 0.5) is 0 Å². The van der Waals surface area contributed by atoms with Crippen molar-refractivity contribution in [2.24, 2.45) is 5.73 Å². The van der Waals surface area contributed by atoms with Crippen LogP contribution >= 0.6 is 12.4 Å². The zero-order valence-corrected chi connectivity index (χ0v) is 11.3. The van der Waals surface area contributed by atoms with Gasteiger partial charge in [-0.15, -0.1) is 12.4 Å². The molecule has 0 saturated heterocycles. The molecule has 4 heteroatoms. The first kappa shape index (κ1) is 15.7. The summed E-state index contributed by atoms with van der Waals surface area (Å²) >= 11 is 0. The summed E-state index contributed by atoms with van der Waals surface area (Å²) in [7, 11) is 0. The van der Waals surface area contributed by atoms with E-state index in [0.717, 1.165) is 0 Å². The van der Waals surface area contributed by atoms with Crippen LogP contribution < -0.4 is 5.73 Å². The number of halogens is 1. The van der Waals surface area contributed by atoms with E-state index in [1.807, 2.05) is 60.7 Å². The van der Waals surface area contributed by atoms with E-state index in [-0.39, 0.29) is 19.0 Å². The summed E-state index contributed by atoms with van der Waals surface area (Å²) in [6, 6.07) is 17.6. The van der Waals surface area contributed by atoms with Crippen LogP contribution in [0.2, 0.25) is 0 Å². The SMILES string of the molecule is Cl.N[C@@H](CO)C(O)(c1ccccc1)c1ccccc1. The van der Waals surface area contributed by atoms with Gasteiger partial charge in [0.25, 0.3) is 0 Å². The molecule has 19 heavy (non-hydrogen) atoms. The smallest absolute Gasteiger partial charge is 0.132 e. The van der Waals surface area contributed by atoms with Crippen LogP contribution in [0.1, 0.15) is 11.1 Å². The quantitative estimate of drug-likeness (QED) is 0.797. The average molecular weight is 280 g/mol. The lowest BCUT2D eigenvalue weighted by Crippen LogP contribution is -2.48. The number of rotatable bonds is 4. The molecule has 4 N–H and O–H groups in total. The highest BCUT2D eigenvalue weighted by Gasteiger charge is 2.37. The molecule has 0 spiro atoms. The minimum absolute atomic E-state index is 0. The van der Waals surface area contributed by atoms with Crippen LogP contribution in [0, 0.1) is 0 Å². The number of benzene rings is 2. The molecular weight excluding hydrogens is 262 g/mol. The van der Waals surface area contributed by atoms with Gasteiger partial charge in [0.15, 0.2) is 0 Å². The molecular formula is C15H18ClNO2. The molecule has 2 aromatic rings. The second-order valence-electron chi connectivity index (χ2n) is 4.29. The van der Waals surface area contributed by atoms with Gasteiger partial charge in [0.1, 0.15) is 5.60 Å². The zero-order valence-electron chi connectivity index (χ0n) is 10.4. The molecule has 3 nitrogen and oxygen atoms in total. The number of hydrogen-bond donors (Lipinski definition) is 3. The third-order valence-corrected chi connectivity index (χ3v) is 3.16. The second kappa shape index (κ2) is 6.68. The molecule has 0 saturated carbocycles. The molecule has 102 valence electrons. The highest BCUT2D eigenvalue weighted by Crippen LogP contribution is 2.31. The van der Waals surface area contributed by atoms with Gasteiger partial charge in [0.2, 0.25) is 0 Å². The van der Waals surface area contributed by atoms with E-state index in [1.165, 1.54) is 0 Å². The molecule has 1 atom stereocenters. The second-order valence-corrected chi connectivity index (χ2v) is 4.29. The van der Waals surface area contributed by atoms with Gasteiger partial charge in [-0.1, -0.05) is 60.7 Å². The van der Waals surface area contributed by atoms with E-state index in [9.17, 15) is 10.2 Å². The Kier molecular flexibility index (Phi) is 5.51. The summed E-state index contributed by atoms with van der Waals surface area (Å²) in [5.74, 6) is 0. The molecule has 0 radical (unpaired) electrons. The van der Waals surface area contributed by atoms with Crippen LogP contribution in [-0.4, -0.2) is 22.9 Å². The fourth-order valence-electron chi connectivity index (χ4n) is 2.11. The summed E-state index contributed by atoms with van der Waals surface area (Å²) in [6.07, 6.45) is 0. The van der Waals surface area contributed by atoms with Gasteiger partial charge in [-0.2, -0.15) is 0 Å². The molecule has 0 fully saturated rings. The first-order chi connectivity index (χ1) is 8.69. The fraction of sp³-hybridized carbons (Fsp3) is 0.200. The van der Waals surface area contributed by atoms with Crippen molar-refractivity contribution in [3.63, 3.8) is 0 Å². The Bertz CT molecular complexity index is 451. The zero-order chi connectivity index (χ0) is 13.0. The summed E-state index contributed by atoms with van der Waals surface area (Å²) in [5, 5.41) is 20.2. The third-order valence-electron chi connectivity index (χ3n) is 3.16. The van der Waals surface area contributed by atoms with Gasteiger partial charge in [-0.3, -0.25) is 0 Å². The van der Waals surface area contributed by atoms with Gasteiger partial charge in [0.05, 0.1) is 12.6 Å². The van der Waals surface area contributed by atoms with Gasteiger partial charge < -0.3 is 15.9 Å². The maximum absolute atomic E-state index is 10.9. The van der Waals surface area contributed by atoms with E-state index >= 15 is 0 Å². The Morgan fingerprint density at radius 2 is 1.26 bits per heavy atom. The van der Waals surface area contributed by atoms with Crippen LogP contribution in [0.15, 0.2) is 60.7 Å². The fourth-order valence-corrected chi connectivity index (χ4v) is 2.11. The molecule has 0 heterocycles. The van der Waals surface area contributed by atoms with Crippen molar-refractivity contribution < 1.29 is 10.2 Å². The van der Waals surface area contributed by atoms with E-state index in [0.29, 0.717) is 11.1 Å². The van der Waals surface area contributed by atoms with Crippen molar-refractivity contribution in [2.75, 3.05) is 6.61 Å². The predicted octanol–water partition coefficient (Wildman–Crippen LogP) is 1.66. The average Bonchev–Trinajstić information content (AvgIpc) is 2.47. The minimum Gasteiger partial charge on any atom is -0.395 e. The highest BCUT2D eigenvalue weighted by molar-refractivity contribution is 5.85. The van der Waals surface area contributed by atoms with Gasteiger partial charge in [-0.05, 0) is 11.1 Å².